The minimum Gasteiger partial charge on any atom is -0.494 e. The second kappa shape index (κ2) is 8.11. The fourth-order valence-corrected chi connectivity index (χ4v) is 4.08. The first-order chi connectivity index (χ1) is 14.1. The molecule has 5 nitrogen and oxygen atoms in total. The van der Waals surface area contributed by atoms with E-state index in [1.807, 2.05) is 36.6 Å². The highest BCUT2D eigenvalue weighted by molar-refractivity contribution is 7.11. The largest absolute Gasteiger partial charge is 0.494 e. The number of halogens is 1. The molecule has 0 radical (unpaired) electrons. The molecule has 0 saturated heterocycles. The van der Waals surface area contributed by atoms with Crippen molar-refractivity contribution >= 4 is 51.7 Å². The predicted octanol–water partition coefficient (Wildman–Crippen LogP) is 5.20. The number of hydrogen-bond donors (Lipinski definition) is 1. The molecule has 1 N–H and O–H groups in total. The zero-order valence-corrected chi connectivity index (χ0v) is 17.1. The third-order valence-electron chi connectivity index (χ3n) is 4.38. The summed E-state index contributed by atoms with van der Waals surface area (Å²) in [7, 11) is 0. The van der Waals surface area contributed by atoms with Gasteiger partial charge in [0.1, 0.15) is 11.4 Å². The number of nitrogens with zero attached hydrogens (tertiary/aromatic N) is 1. The molecule has 1 aliphatic heterocycles. The molecule has 1 aromatic heterocycles. The van der Waals surface area contributed by atoms with Crippen LogP contribution < -0.4 is 15.0 Å². The SMILES string of the molecule is CCOc1ccc(NC2=C(c3cccs3)C(=O)N(c3ccccc3Cl)C2=O)cc1. The van der Waals surface area contributed by atoms with Crippen LogP contribution in [0.4, 0.5) is 11.4 Å². The summed E-state index contributed by atoms with van der Waals surface area (Å²) in [6.07, 6.45) is 0. The summed E-state index contributed by atoms with van der Waals surface area (Å²) in [6, 6.07) is 17.7. The molecule has 4 rings (SSSR count). The fourth-order valence-electron chi connectivity index (χ4n) is 3.09. The molecule has 0 unspecified atom stereocenters. The Balaban J connectivity index is 1.74. The Hall–Kier alpha value is -3.09. The Morgan fingerprint density at radius 2 is 1.76 bits per heavy atom. The molecule has 0 atom stereocenters. The lowest BCUT2D eigenvalue weighted by Crippen LogP contribution is -2.32. The maximum absolute atomic E-state index is 13.3. The van der Waals surface area contributed by atoms with Gasteiger partial charge in [-0.25, -0.2) is 4.90 Å². The van der Waals surface area contributed by atoms with Crippen LogP contribution in [0.25, 0.3) is 5.57 Å². The number of benzene rings is 2. The first-order valence-corrected chi connectivity index (χ1v) is 10.3. The lowest BCUT2D eigenvalue weighted by molar-refractivity contribution is -0.120. The maximum Gasteiger partial charge on any atom is 0.282 e. The second-order valence-electron chi connectivity index (χ2n) is 6.21. The summed E-state index contributed by atoms with van der Waals surface area (Å²) in [5.74, 6) is -0.114. The summed E-state index contributed by atoms with van der Waals surface area (Å²) in [6.45, 7) is 2.48. The van der Waals surface area contributed by atoms with Crippen molar-refractivity contribution in [1.29, 1.82) is 0 Å². The average Bonchev–Trinajstić information content (AvgIpc) is 3.32. The first kappa shape index (κ1) is 19.2. The molecule has 2 heterocycles. The van der Waals surface area contributed by atoms with Crippen molar-refractivity contribution in [2.45, 2.75) is 6.92 Å². The summed E-state index contributed by atoms with van der Waals surface area (Å²) in [4.78, 5) is 28.3. The van der Waals surface area contributed by atoms with E-state index in [1.165, 1.54) is 11.3 Å². The van der Waals surface area contributed by atoms with Gasteiger partial charge in [0, 0.05) is 10.6 Å². The third-order valence-corrected chi connectivity index (χ3v) is 5.59. The van der Waals surface area contributed by atoms with Gasteiger partial charge < -0.3 is 10.1 Å². The highest BCUT2D eigenvalue weighted by Gasteiger charge is 2.41. The van der Waals surface area contributed by atoms with Crippen molar-refractivity contribution in [3.8, 4) is 5.75 Å². The molecule has 0 aliphatic carbocycles. The van der Waals surface area contributed by atoms with Crippen molar-refractivity contribution < 1.29 is 14.3 Å². The molecular formula is C22H17ClN2O3S. The number of hydrogen-bond acceptors (Lipinski definition) is 5. The van der Waals surface area contributed by atoms with Crippen LogP contribution in [0.3, 0.4) is 0 Å². The molecule has 0 bridgehead atoms. The summed E-state index contributed by atoms with van der Waals surface area (Å²) < 4.78 is 5.46. The van der Waals surface area contributed by atoms with Crippen LogP contribution in [0.5, 0.6) is 5.75 Å². The van der Waals surface area contributed by atoms with Crippen LogP contribution in [0.2, 0.25) is 5.02 Å². The quantitative estimate of drug-likeness (QED) is 0.553. The number of thiophene rings is 1. The van der Waals surface area contributed by atoms with Gasteiger partial charge in [0.25, 0.3) is 11.8 Å². The fraction of sp³-hybridized carbons (Fsp3) is 0.0909. The number of nitrogens with one attached hydrogen (secondary N) is 1. The minimum atomic E-state index is -0.444. The minimum absolute atomic E-state index is 0.224. The monoisotopic (exact) mass is 424 g/mol. The van der Waals surface area contributed by atoms with Gasteiger partial charge in [-0.1, -0.05) is 29.8 Å². The van der Waals surface area contributed by atoms with E-state index in [-0.39, 0.29) is 5.70 Å². The van der Waals surface area contributed by atoms with Crippen molar-refractivity contribution in [2.75, 3.05) is 16.8 Å². The average molecular weight is 425 g/mol. The van der Waals surface area contributed by atoms with Crippen LogP contribution in [0, 0.1) is 0 Å². The predicted molar refractivity (Wildman–Crippen MR) is 116 cm³/mol. The number of imide groups is 1. The Labute approximate surface area is 177 Å². The number of para-hydroxylation sites is 1. The Kier molecular flexibility index (Phi) is 5.38. The van der Waals surface area contributed by atoms with Crippen LogP contribution in [0.15, 0.2) is 71.7 Å². The second-order valence-corrected chi connectivity index (χ2v) is 7.56. The van der Waals surface area contributed by atoms with Crippen molar-refractivity contribution in [1.82, 2.24) is 0 Å². The number of rotatable bonds is 6. The van der Waals surface area contributed by atoms with Crippen LogP contribution in [0.1, 0.15) is 11.8 Å². The topological polar surface area (TPSA) is 58.6 Å². The number of anilines is 2. The molecule has 1 aliphatic rings. The number of carbonyl (C=O) groups is 2. The van der Waals surface area contributed by atoms with E-state index in [4.69, 9.17) is 16.3 Å². The van der Waals surface area contributed by atoms with Gasteiger partial charge >= 0.3 is 0 Å². The molecule has 7 heteroatoms. The standard InChI is InChI=1S/C22H17ClN2O3S/c1-2-28-15-11-9-14(10-12-15)24-20-19(18-8-5-13-29-18)21(26)25(22(20)27)17-7-4-3-6-16(17)23/h3-13,24H,2H2,1H3. The number of amides is 2. The van der Waals surface area contributed by atoms with E-state index in [0.717, 1.165) is 10.6 Å². The molecule has 0 fully saturated rings. The Morgan fingerprint density at radius 1 is 1.00 bits per heavy atom. The molecule has 3 aromatic rings. The molecule has 29 heavy (non-hydrogen) atoms. The zero-order chi connectivity index (χ0) is 20.4. The van der Waals surface area contributed by atoms with E-state index in [0.29, 0.717) is 33.5 Å². The molecule has 0 spiro atoms. The van der Waals surface area contributed by atoms with Gasteiger partial charge in [-0.05, 0) is 54.8 Å². The zero-order valence-electron chi connectivity index (χ0n) is 15.5. The van der Waals surface area contributed by atoms with E-state index in [9.17, 15) is 9.59 Å². The van der Waals surface area contributed by atoms with Crippen LogP contribution in [-0.4, -0.2) is 18.4 Å². The maximum atomic E-state index is 13.3. The molecule has 0 saturated carbocycles. The molecule has 146 valence electrons. The number of ether oxygens (including phenoxy) is 1. The van der Waals surface area contributed by atoms with Crippen molar-refractivity contribution in [3.05, 3.63) is 81.6 Å². The third kappa shape index (κ3) is 3.64. The highest BCUT2D eigenvalue weighted by Crippen LogP contribution is 2.37. The lowest BCUT2D eigenvalue weighted by Gasteiger charge is -2.16. The first-order valence-electron chi connectivity index (χ1n) is 9.01. The van der Waals surface area contributed by atoms with E-state index >= 15 is 0 Å². The summed E-state index contributed by atoms with van der Waals surface area (Å²) in [5.41, 5.74) is 1.60. The molecular weight excluding hydrogens is 408 g/mol. The summed E-state index contributed by atoms with van der Waals surface area (Å²) >= 11 is 7.67. The highest BCUT2D eigenvalue weighted by atomic mass is 35.5. The van der Waals surface area contributed by atoms with Gasteiger partial charge in [-0.15, -0.1) is 11.3 Å². The Morgan fingerprint density at radius 3 is 2.41 bits per heavy atom. The normalized spacial score (nSPS) is 13.9. The van der Waals surface area contributed by atoms with Crippen molar-refractivity contribution in [3.63, 3.8) is 0 Å². The van der Waals surface area contributed by atoms with E-state index in [2.05, 4.69) is 5.32 Å². The summed E-state index contributed by atoms with van der Waals surface area (Å²) in [5, 5.41) is 5.33. The van der Waals surface area contributed by atoms with Gasteiger partial charge in [-0.2, -0.15) is 0 Å². The van der Waals surface area contributed by atoms with Crippen molar-refractivity contribution in [2.24, 2.45) is 0 Å². The molecule has 2 amide bonds. The van der Waals surface area contributed by atoms with E-state index in [1.54, 1.807) is 36.4 Å². The number of carbonyl (C=O) groups excluding carboxylic acids is 2. The molecule has 2 aromatic carbocycles. The van der Waals surface area contributed by atoms with E-state index < -0.39 is 11.8 Å². The smallest absolute Gasteiger partial charge is 0.282 e. The van der Waals surface area contributed by atoms with Gasteiger partial charge in [0.15, 0.2) is 0 Å². The van der Waals surface area contributed by atoms with Gasteiger partial charge in [-0.3, -0.25) is 9.59 Å². The van der Waals surface area contributed by atoms with Crippen LogP contribution in [-0.2, 0) is 9.59 Å². The van der Waals surface area contributed by atoms with Gasteiger partial charge in [0.05, 0.1) is 22.9 Å². The Bertz CT molecular complexity index is 1090. The van der Waals surface area contributed by atoms with Gasteiger partial charge in [0.2, 0.25) is 0 Å². The lowest BCUT2D eigenvalue weighted by atomic mass is 10.2. The van der Waals surface area contributed by atoms with Crippen LogP contribution >= 0.6 is 22.9 Å².